The van der Waals surface area contributed by atoms with Gasteiger partial charge < -0.3 is 14.3 Å². The molecule has 0 atom stereocenters. The summed E-state index contributed by atoms with van der Waals surface area (Å²) < 4.78 is 7.81. The molecule has 0 saturated heterocycles. The largest absolute Gasteiger partial charge is 0.468 e. The molecule has 0 unspecified atom stereocenters. The molecule has 3 rings (SSSR count). The maximum absolute atomic E-state index is 5.60. The number of rotatable bonds is 7. The number of hydrogen-bond donors (Lipinski definition) is 1. The molecule has 1 aliphatic carbocycles. The van der Waals surface area contributed by atoms with E-state index in [9.17, 15) is 0 Å². The van der Waals surface area contributed by atoms with Gasteiger partial charge in [-0.3, -0.25) is 0 Å². The molecule has 1 aliphatic rings. The van der Waals surface area contributed by atoms with Crippen molar-refractivity contribution in [1.82, 2.24) is 14.9 Å². The Kier molecular flexibility index (Phi) is 3.69. The van der Waals surface area contributed by atoms with Crippen molar-refractivity contribution in [3.05, 3.63) is 41.9 Å². The molecule has 2 aromatic rings. The Hall–Kier alpha value is -1.55. The summed E-state index contributed by atoms with van der Waals surface area (Å²) in [4.78, 5) is 4.42. The maximum Gasteiger partial charge on any atom is 0.122 e. The third-order valence-electron chi connectivity index (χ3n) is 3.58. The van der Waals surface area contributed by atoms with Crippen molar-refractivity contribution in [2.75, 3.05) is 0 Å². The van der Waals surface area contributed by atoms with Gasteiger partial charge >= 0.3 is 0 Å². The molecule has 0 aliphatic heterocycles. The summed E-state index contributed by atoms with van der Waals surface area (Å²) in [5.74, 6) is 2.22. The van der Waals surface area contributed by atoms with Crippen molar-refractivity contribution >= 4 is 0 Å². The minimum Gasteiger partial charge on any atom is -0.468 e. The molecule has 0 aromatic carbocycles. The SMILES string of the molecule is CCCc1nccn1Cc1ccoc1CNC1CC1. The highest BCUT2D eigenvalue weighted by molar-refractivity contribution is 5.18. The van der Waals surface area contributed by atoms with Crippen LogP contribution in [0.15, 0.2) is 29.1 Å². The van der Waals surface area contributed by atoms with E-state index < -0.39 is 0 Å². The quantitative estimate of drug-likeness (QED) is 0.831. The first kappa shape index (κ1) is 12.5. The van der Waals surface area contributed by atoms with Crippen LogP contribution >= 0.6 is 0 Å². The van der Waals surface area contributed by atoms with Crippen molar-refractivity contribution in [2.45, 2.75) is 51.7 Å². The van der Waals surface area contributed by atoms with Gasteiger partial charge in [0.15, 0.2) is 0 Å². The van der Waals surface area contributed by atoms with Crippen LogP contribution in [0.1, 0.15) is 43.3 Å². The van der Waals surface area contributed by atoms with E-state index in [1.54, 1.807) is 6.26 Å². The number of imidazole rings is 1. The van der Waals surface area contributed by atoms with Crippen LogP contribution in [-0.4, -0.2) is 15.6 Å². The highest BCUT2D eigenvalue weighted by atomic mass is 16.3. The van der Waals surface area contributed by atoms with E-state index in [1.807, 2.05) is 6.20 Å². The highest BCUT2D eigenvalue weighted by Gasteiger charge is 2.21. The lowest BCUT2D eigenvalue weighted by molar-refractivity contribution is 0.475. The molecular weight excluding hydrogens is 238 g/mol. The Morgan fingerprint density at radius 3 is 3.16 bits per heavy atom. The zero-order valence-corrected chi connectivity index (χ0v) is 11.4. The van der Waals surface area contributed by atoms with E-state index in [0.717, 1.165) is 37.5 Å². The first-order valence-corrected chi connectivity index (χ1v) is 7.15. The van der Waals surface area contributed by atoms with Gasteiger partial charge in [0.05, 0.1) is 19.4 Å². The molecule has 102 valence electrons. The van der Waals surface area contributed by atoms with Gasteiger partial charge in [0.2, 0.25) is 0 Å². The van der Waals surface area contributed by atoms with Gasteiger partial charge in [-0.2, -0.15) is 0 Å². The molecule has 0 amide bonds. The highest BCUT2D eigenvalue weighted by Crippen LogP contribution is 2.20. The van der Waals surface area contributed by atoms with E-state index in [-0.39, 0.29) is 0 Å². The summed E-state index contributed by atoms with van der Waals surface area (Å²) in [5.41, 5.74) is 1.25. The Bertz CT molecular complexity index is 525. The first-order chi connectivity index (χ1) is 9.36. The molecule has 1 saturated carbocycles. The predicted octanol–water partition coefficient (Wildman–Crippen LogP) is 2.73. The fraction of sp³-hybridized carbons (Fsp3) is 0.533. The van der Waals surface area contributed by atoms with Crippen molar-refractivity contribution in [3.63, 3.8) is 0 Å². The molecule has 0 bridgehead atoms. The molecule has 4 heteroatoms. The standard InChI is InChI=1S/C15H21N3O/c1-2-3-15-16-7-8-18(15)11-12-6-9-19-14(12)10-17-13-4-5-13/h6-9,13,17H,2-5,10-11H2,1H3. The number of furan rings is 1. The van der Waals surface area contributed by atoms with Crippen molar-refractivity contribution < 1.29 is 4.42 Å². The molecule has 19 heavy (non-hydrogen) atoms. The second kappa shape index (κ2) is 5.61. The summed E-state index contributed by atoms with van der Waals surface area (Å²) in [7, 11) is 0. The summed E-state index contributed by atoms with van der Waals surface area (Å²) in [6.45, 7) is 3.88. The normalized spacial score (nSPS) is 15.0. The smallest absolute Gasteiger partial charge is 0.122 e. The van der Waals surface area contributed by atoms with Crippen molar-refractivity contribution in [1.29, 1.82) is 0 Å². The van der Waals surface area contributed by atoms with Crippen LogP contribution in [0.3, 0.4) is 0 Å². The molecular formula is C15H21N3O. The van der Waals surface area contributed by atoms with E-state index in [4.69, 9.17) is 4.42 Å². The number of aromatic nitrogens is 2. The van der Waals surface area contributed by atoms with Crippen LogP contribution in [0, 0.1) is 0 Å². The Balaban J connectivity index is 1.67. The van der Waals surface area contributed by atoms with Crippen molar-refractivity contribution in [3.8, 4) is 0 Å². The zero-order valence-electron chi connectivity index (χ0n) is 11.4. The van der Waals surface area contributed by atoms with Gasteiger partial charge in [0, 0.05) is 30.4 Å². The summed E-state index contributed by atoms with van der Waals surface area (Å²) in [6, 6.07) is 2.78. The van der Waals surface area contributed by atoms with Gasteiger partial charge in [-0.15, -0.1) is 0 Å². The number of aryl methyl sites for hydroxylation is 1. The molecule has 1 fully saturated rings. The Morgan fingerprint density at radius 1 is 1.47 bits per heavy atom. The predicted molar refractivity (Wildman–Crippen MR) is 73.9 cm³/mol. The fourth-order valence-corrected chi connectivity index (χ4v) is 2.31. The van der Waals surface area contributed by atoms with Crippen LogP contribution in [0.4, 0.5) is 0 Å². The minimum atomic E-state index is 0.710. The molecule has 0 radical (unpaired) electrons. The van der Waals surface area contributed by atoms with E-state index in [1.165, 1.54) is 18.4 Å². The molecule has 1 N–H and O–H groups in total. The van der Waals surface area contributed by atoms with Gasteiger partial charge in [-0.1, -0.05) is 6.92 Å². The van der Waals surface area contributed by atoms with Crippen LogP contribution in [0.25, 0.3) is 0 Å². The summed E-state index contributed by atoms with van der Waals surface area (Å²) in [5, 5.41) is 3.50. The van der Waals surface area contributed by atoms with E-state index in [2.05, 4.69) is 34.1 Å². The third-order valence-corrected chi connectivity index (χ3v) is 3.58. The lowest BCUT2D eigenvalue weighted by Crippen LogP contribution is -2.16. The Labute approximate surface area is 113 Å². The fourth-order valence-electron chi connectivity index (χ4n) is 2.31. The van der Waals surface area contributed by atoms with Gasteiger partial charge in [-0.25, -0.2) is 4.98 Å². The van der Waals surface area contributed by atoms with Crippen LogP contribution in [-0.2, 0) is 19.5 Å². The average Bonchev–Trinajstić information content (AvgIpc) is 2.98. The number of hydrogen-bond acceptors (Lipinski definition) is 3. The monoisotopic (exact) mass is 259 g/mol. The summed E-state index contributed by atoms with van der Waals surface area (Å²) in [6.07, 6.45) is 10.5. The zero-order chi connectivity index (χ0) is 13.1. The summed E-state index contributed by atoms with van der Waals surface area (Å²) >= 11 is 0. The van der Waals surface area contributed by atoms with Gasteiger partial charge in [0.1, 0.15) is 11.6 Å². The van der Waals surface area contributed by atoms with E-state index >= 15 is 0 Å². The van der Waals surface area contributed by atoms with E-state index in [0.29, 0.717) is 6.04 Å². The molecule has 0 spiro atoms. The number of nitrogens with one attached hydrogen (secondary N) is 1. The van der Waals surface area contributed by atoms with Crippen LogP contribution in [0.2, 0.25) is 0 Å². The van der Waals surface area contributed by atoms with Crippen LogP contribution in [0.5, 0.6) is 0 Å². The van der Waals surface area contributed by atoms with Gasteiger partial charge in [-0.05, 0) is 25.3 Å². The Morgan fingerprint density at radius 2 is 2.37 bits per heavy atom. The third kappa shape index (κ3) is 3.07. The molecule has 4 nitrogen and oxygen atoms in total. The molecule has 2 heterocycles. The average molecular weight is 259 g/mol. The lowest BCUT2D eigenvalue weighted by Gasteiger charge is -2.08. The lowest BCUT2D eigenvalue weighted by atomic mass is 10.2. The van der Waals surface area contributed by atoms with Crippen molar-refractivity contribution in [2.24, 2.45) is 0 Å². The van der Waals surface area contributed by atoms with Gasteiger partial charge in [0.25, 0.3) is 0 Å². The van der Waals surface area contributed by atoms with Crippen LogP contribution < -0.4 is 5.32 Å². The topological polar surface area (TPSA) is 43.0 Å². The molecule has 2 aromatic heterocycles. The second-order valence-electron chi connectivity index (χ2n) is 5.25. The first-order valence-electron chi connectivity index (χ1n) is 7.15. The maximum atomic E-state index is 5.60. The minimum absolute atomic E-state index is 0.710. The second-order valence-corrected chi connectivity index (χ2v) is 5.25. The number of nitrogens with zero attached hydrogens (tertiary/aromatic N) is 2.